The molecule has 0 aliphatic heterocycles. The van der Waals surface area contributed by atoms with Gasteiger partial charge in [-0.3, -0.25) is 0 Å². The minimum atomic E-state index is -0.870. The first-order valence-electron chi connectivity index (χ1n) is 14.8. The van der Waals surface area contributed by atoms with Crippen molar-refractivity contribution >= 4 is 22.6 Å². The second kappa shape index (κ2) is 13.7. The Bertz CT molecular complexity index is 1560. The van der Waals surface area contributed by atoms with Crippen molar-refractivity contribution in [3.8, 4) is 10.4 Å². The van der Waals surface area contributed by atoms with E-state index in [4.69, 9.17) is 4.37 Å². The van der Waals surface area contributed by atoms with Gasteiger partial charge in [-0.15, -0.1) is 0 Å². The van der Waals surface area contributed by atoms with Crippen LogP contribution in [0.25, 0.3) is 21.5 Å². The quantitative estimate of drug-likeness (QED) is 0.154. The van der Waals surface area contributed by atoms with Crippen molar-refractivity contribution in [1.29, 1.82) is 0 Å². The average Bonchev–Trinajstić information content (AvgIpc) is 3.72. The van der Waals surface area contributed by atoms with Crippen LogP contribution in [0.1, 0.15) is 35.7 Å². The van der Waals surface area contributed by atoms with Crippen LogP contribution in [-0.2, 0) is 12.8 Å². The summed E-state index contributed by atoms with van der Waals surface area (Å²) in [4.78, 5) is 9.91. The summed E-state index contributed by atoms with van der Waals surface area (Å²) in [6.07, 6.45) is 7.23. The molecule has 0 spiro atoms. The van der Waals surface area contributed by atoms with Crippen LogP contribution in [0.15, 0.2) is 85.5 Å². The lowest BCUT2D eigenvalue weighted by molar-refractivity contribution is 0.00695. The van der Waals surface area contributed by atoms with Gasteiger partial charge in [0.1, 0.15) is 18.1 Å². The molecular weight excluding hydrogens is 544 g/mol. The molecule has 5 aromatic rings. The molecule has 0 unspecified atom stereocenters. The van der Waals surface area contributed by atoms with Crippen LogP contribution in [0.3, 0.4) is 0 Å². The number of aliphatic hydroxyl groups is 2. The van der Waals surface area contributed by atoms with E-state index in [1.165, 1.54) is 22.7 Å². The SMILES string of the molecule is O[C@@H]1[C@@H](CNCCCNCCc2ccccc2)C[C@@H](n2cc(-c3cc(Cc4ccccc4)ns3)c3cncnc32)[C@@H]1O. The van der Waals surface area contributed by atoms with E-state index in [9.17, 15) is 10.2 Å². The molecule has 0 saturated heterocycles. The zero-order valence-corrected chi connectivity index (χ0v) is 24.5. The molecule has 6 rings (SSSR count). The van der Waals surface area contributed by atoms with E-state index in [2.05, 4.69) is 69.3 Å². The lowest BCUT2D eigenvalue weighted by Gasteiger charge is -2.19. The predicted octanol–water partition coefficient (Wildman–Crippen LogP) is 4.24. The summed E-state index contributed by atoms with van der Waals surface area (Å²) in [5.74, 6) is -0.0420. The van der Waals surface area contributed by atoms with Crippen LogP contribution >= 0.6 is 11.5 Å². The normalized spacial score (nSPS) is 20.4. The van der Waals surface area contributed by atoms with E-state index in [-0.39, 0.29) is 12.0 Å². The van der Waals surface area contributed by atoms with Gasteiger partial charge in [-0.2, -0.15) is 4.37 Å². The molecule has 8 nitrogen and oxygen atoms in total. The summed E-state index contributed by atoms with van der Waals surface area (Å²) >= 11 is 1.47. The van der Waals surface area contributed by atoms with Crippen molar-refractivity contribution in [3.63, 3.8) is 0 Å². The summed E-state index contributed by atoms with van der Waals surface area (Å²) < 4.78 is 6.74. The number of hydrogen-bond acceptors (Lipinski definition) is 8. The molecule has 218 valence electrons. The predicted molar refractivity (Wildman–Crippen MR) is 168 cm³/mol. The van der Waals surface area contributed by atoms with Gasteiger partial charge in [0.2, 0.25) is 0 Å². The van der Waals surface area contributed by atoms with Gasteiger partial charge in [-0.1, -0.05) is 60.7 Å². The van der Waals surface area contributed by atoms with Crippen LogP contribution in [0, 0.1) is 5.92 Å². The van der Waals surface area contributed by atoms with Crippen LogP contribution in [0.4, 0.5) is 0 Å². The highest BCUT2D eigenvalue weighted by atomic mass is 32.1. The molecule has 3 heterocycles. The van der Waals surface area contributed by atoms with Gasteiger partial charge in [0.25, 0.3) is 0 Å². The van der Waals surface area contributed by atoms with Crippen LogP contribution in [0.5, 0.6) is 0 Å². The largest absolute Gasteiger partial charge is 0.390 e. The second-order valence-corrected chi connectivity index (χ2v) is 11.9. The molecule has 3 aromatic heterocycles. The fraction of sp³-hybridized carbons (Fsp3) is 0.364. The molecular formula is C33H38N6O2S. The van der Waals surface area contributed by atoms with E-state index < -0.39 is 12.2 Å². The minimum absolute atomic E-state index is 0.0420. The molecule has 1 fully saturated rings. The first-order chi connectivity index (χ1) is 20.7. The zero-order valence-electron chi connectivity index (χ0n) is 23.6. The van der Waals surface area contributed by atoms with E-state index in [1.54, 1.807) is 6.33 Å². The Labute approximate surface area is 250 Å². The number of hydrogen-bond donors (Lipinski definition) is 4. The third kappa shape index (κ3) is 6.61. The highest BCUT2D eigenvalue weighted by Crippen LogP contribution is 2.40. The average molecular weight is 583 g/mol. The van der Waals surface area contributed by atoms with Gasteiger partial charge in [0.05, 0.1) is 22.7 Å². The molecule has 9 heteroatoms. The van der Waals surface area contributed by atoms with Gasteiger partial charge < -0.3 is 25.4 Å². The van der Waals surface area contributed by atoms with Crippen molar-refractivity contribution in [3.05, 3.63) is 102 Å². The first-order valence-corrected chi connectivity index (χ1v) is 15.6. The zero-order chi connectivity index (χ0) is 28.7. The minimum Gasteiger partial charge on any atom is -0.390 e. The lowest BCUT2D eigenvalue weighted by Crippen LogP contribution is -2.34. The molecule has 0 radical (unpaired) electrons. The topological polar surface area (TPSA) is 108 Å². The van der Waals surface area contributed by atoms with Crippen molar-refractivity contribution < 1.29 is 10.2 Å². The number of aliphatic hydroxyl groups excluding tert-OH is 2. The summed E-state index contributed by atoms with van der Waals surface area (Å²) in [6, 6.07) is 22.7. The molecule has 0 bridgehead atoms. The van der Waals surface area contributed by atoms with Gasteiger partial charge in [-0.25, -0.2) is 9.97 Å². The molecule has 0 amide bonds. The van der Waals surface area contributed by atoms with E-state index >= 15 is 0 Å². The molecule has 1 aliphatic carbocycles. The number of nitrogens with one attached hydrogen (secondary N) is 2. The Morgan fingerprint density at radius 3 is 2.48 bits per heavy atom. The highest BCUT2D eigenvalue weighted by Gasteiger charge is 2.42. The fourth-order valence-corrected chi connectivity index (χ4v) is 6.75. The lowest BCUT2D eigenvalue weighted by atomic mass is 10.1. The van der Waals surface area contributed by atoms with Crippen LogP contribution < -0.4 is 10.6 Å². The standard InChI is InChI=1S/C33H38N6O2S/c40-31-25(19-35-14-7-13-34-15-12-23-8-3-1-4-9-23)17-29(32(31)41)39-21-28(27-20-36-22-37-33(27)39)30-18-26(38-42-30)16-24-10-5-2-6-11-24/h1-6,8-11,18,20-22,25,29,31-32,34-35,40-41H,7,12-17,19H2/t25-,29-,31-,32+/m1/s1. The molecule has 1 aliphatic rings. The Morgan fingerprint density at radius 2 is 1.67 bits per heavy atom. The van der Waals surface area contributed by atoms with E-state index in [0.29, 0.717) is 13.0 Å². The molecule has 1 saturated carbocycles. The smallest absolute Gasteiger partial charge is 0.144 e. The van der Waals surface area contributed by atoms with Crippen molar-refractivity contribution in [2.45, 2.75) is 43.9 Å². The third-order valence-electron chi connectivity index (χ3n) is 8.22. The molecule has 4 atom stereocenters. The van der Waals surface area contributed by atoms with Crippen molar-refractivity contribution in [2.24, 2.45) is 5.92 Å². The molecule has 4 N–H and O–H groups in total. The maximum atomic E-state index is 11.1. The fourth-order valence-electron chi connectivity index (χ4n) is 5.97. The number of nitrogens with zero attached hydrogens (tertiary/aromatic N) is 4. The maximum Gasteiger partial charge on any atom is 0.144 e. The summed E-state index contributed by atoms with van der Waals surface area (Å²) in [5, 5.41) is 30.0. The van der Waals surface area contributed by atoms with E-state index in [0.717, 1.165) is 66.1 Å². The summed E-state index contributed by atoms with van der Waals surface area (Å²) in [7, 11) is 0. The Kier molecular flexibility index (Phi) is 9.32. The van der Waals surface area contributed by atoms with Gasteiger partial charge in [-0.05, 0) is 67.6 Å². The highest BCUT2D eigenvalue weighted by molar-refractivity contribution is 7.09. The Balaban J connectivity index is 1.05. The monoisotopic (exact) mass is 582 g/mol. The number of aromatic nitrogens is 4. The van der Waals surface area contributed by atoms with Crippen molar-refractivity contribution in [1.82, 2.24) is 29.5 Å². The first kappa shape index (κ1) is 28.6. The molecule has 42 heavy (non-hydrogen) atoms. The van der Waals surface area contributed by atoms with Gasteiger partial charge in [0.15, 0.2) is 0 Å². The third-order valence-corrected chi connectivity index (χ3v) is 9.08. The number of fused-ring (bicyclic) bond motifs is 1. The maximum absolute atomic E-state index is 11.1. The Morgan fingerprint density at radius 1 is 0.905 bits per heavy atom. The van der Waals surface area contributed by atoms with Gasteiger partial charge in [0, 0.05) is 42.2 Å². The van der Waals surface area contributed by atoms with E-state index in [1.807, 2.05) is 35.0 Å². The number of rotatable bonds is 13. The summed E-state index contributed by atoms with van der Waals surface area (Å²) in [6.45, 7) is 3.44. The second-order valence-electron chi connectivity index (χ2n) is 11.1. The van der Waals surface area contributed by atoms with Crippen LogP contribution in [-0.4, -0.2) is 67.5 Å². The molecule has 2 aromatic carbocycles. The number of benzene rings is 2. The summed E-state index contributed by atoms with van der Waals surface area (Å²) in [5.41, 5.74) is 5.37. The van der Waals surface area contributed by atoms with Crippen molar-refractivity contribution in [2.75, 3.05) is 26.2 Å². The Hall–Kier alpha value is -3.47. The van der Waals surface area contributed by atoms with Gasteiger partial charge >= 0.3 is 0 Å². The van der Waals surface area contributed by atoms with Crippen LogP contribution in [0.2, 0.25) is 0 Å².